The summed E-state index contributed by atoms with van der Waals surface area (Å²) in [5.74, 6) is -3.51. The highest BCUT2D eigenvalue weighted by Gasteiger charge is 2.39. The van der Waals surface area contributed by atoms with Crippen LogP contribution < -0.4 is 0 Å². The van der Waals surface area contributed by atoms with Gasteiger partial charge in [0.15, 0.2) is 5.78 Å². The van der Waals surface area contributed by atoms with Crippen LogP contribution in [0.5, 0.6) is 5.75 Å². The number of carbonyl (C=O) groups is 2. The predicted octanol–water partition coefficient (Wildman–Crippen LogP) is 5.39. The van der Waals surface area contributed by atoms with Crippen molar-refractivity contribution >= 4 is 11.6 Å². The summed E-state index contributed by atoms with van der Waals surface area (Å²) >= 11 is 0. The molecule has 1 aromatic rings. The third-order valence-corrected chi connectivity index (χ3v) is 4.07. The molecule has 140 valence electrons. The predicted molar refractivity (Wildman–Crippen MR) is 89.8 cm³/mol. The number of phenolic OH excluding ortho intramolecular Hbond substituents is 1. The Labute approximate surface area is 146 Å². The number of unbranched alkanes of at least 4 members (excludes halogenated alkanes) is 6. The van der Waals surface area contributed by atoms with Crippen LogP contribution in [0.15, 0.2) is 18.2 Å². The number of aryl methyl sites for hydroxylation is 1. The minimum Gasteiger partial charge on any atom is -0.507 e. The molecular weight excluding hydrogens is 333 g/mol. The first-order valence-corrected chi connectivity index (χ1v) is 8.70. The SMILES string of the molecule is CCCCCCCCCc1ccc(O)c(C(=O)CC(=O)C(F)(F)F)c1. The van der Waals surface area contributed by atoms with Crippen molar-refractivity contribution in [1.82, 2.24) is 0 Å². The lowest BCUT2D eigenvalue weighted by molar-refractivity contribution is -0.170. The van der Waals surface area contributed by atoms with Gasteiger partial charge in [-0.3, -0.25) is 9.59 Å². The van der Waals surface area contributed by atoms with Crippen molar-refractivity contribution < 1.29 is 27.9 Å². The van der Waals surface area contributed by atoms with Crippen molar-refractivity contribution in [3.63, 3.8) is 0 Å². The molecule has 0 radical (unpaired) electrons. The van der Waals surface area contributed by atoms with Crippen LogP contribution in [0.1, 0.15) is 74.2 Å². The molecule has 0 aliphatic heterocycles. The fraction of sp³-hybridized carbons (Fsp3) is 0.579. The topological polar surface area (TPSA) is 54.4 Å². The molecule has 25 heavy (non-hydrogen) atoms. The highest BCUT2D eigenvalue weighted by atomic mass is 19.4. The van der Waals surface area contributed by atoms with Gasteiger partial charge in [0.25, 0.3) is 0 Å². The van der Waals surface area contributed by atoms with Crippen LogP contribution in [-0.4, -0.2) is 22.8 Å². The van der Waals surface area contributed by atoms with Crippen LogP contribution in [0.25, 0.3) is 0 Å². The normalized spacial score (nSPS) is 11.5. The van der Waals surface area contributed by atoms with E-state index in [0.717, 1.165) is 24.8 Å². The molecule has 0 bridgehead atoms. The zero-order chi connectivity index (χ0) is 18.9. The highest BCUT2D eigenvalue weighted by molar-refractivity contribution is 6.10. The van der Waals surface area contributed by atoms with Crippen molar-refractivity contribution in [1.29, 1.82) is 0 Å². The zero-order valence-corrected chi connectivity index (χ0v) is 14.5. The number of rotatable bonds is 11. The van der Waals surface area contributed by atoms with Crippen molar-refractivity contribution in [2.45, 2.75) is 70.9 Å². The standard InChI is InChI=1S/C19H25F3O3/c1-2-3-4-5-6-7-8-9-14-10-11-16(23)15(12-14)17(24)13-18(25)19(20,21)22/h10-12,23H,2-9,13H2,1H3. The third kappa shape index (κ3) is 7.71. The van der Waals surface area contributed by atoms with Gasteiger partial charge in [-0.15, -0.1) is 0 Å². The summed E-state index contributed by atoms with van der Waals surface area (Å²) in [5.41, 5.74) is 0.548. The second-order valence-electron chi connectivity index (χ2n) is 6.24. The first kappa shape index (κ1) is 21.2. The summed E-state index contributed by atoms with van der Waals surface area (Å²) in [4.78, 5) is 22.8. The first-order chi connectivity index (χ1) is 11.8. The molecule has 1 rings (SSSR count). The largest absolute Gasteiger partial charge is 0.507 e. The van der Waals surface area contributed by atoms with E-state index in [-0.39, 0.29) is 5.56 Å². The molecule has 0 aliphatic carbocycles. The maximum absolute atomic E-state index is 12.3. The molecule has 0 atom stereocenters. The van der Waals surface area contributed by atoms with Crippen molar-refractivity contribution in [2.75, 3.05) is 0 Å². The molecule has 0 heterocycles. The van der Waals surface area contributed by atoms with Crippen LogP contribution in [0.2, 0.25) is 0 Å². The molecule has 0 unspecified atom stereocenters. The fourth-order valence-corrected chi connectivity index (χ4v) is 2.59. The van der Waals surface area contributed by atoms with E-state index in [1.807, 2.05) is 0 Å². The lowest BCUT2D eigenvalue weighted by Crippen LogP contribution is -2.25. The van der Waals surface area contributed by atoms with E-state index in [2.05, 4.69) is 6.92 Å². The molecule has 0 aromatic heterocycles. The van der Waals surface area contributed by atoms with Gasteiger partial charge in [-0.1, -0.05) is 51.5 Å². The van der Waals surface area contributed by atoms with E-state index < -0.39 is 29.9 Å². The van der Waals surface area contributed by atoms with Gasteiger partial charge in [-0.25, -0.2) is 0 Å². The van der Waals surface area contributed by atoms with Gasteiger partial charge in [0.05, 0.1) is 12.0 Å². The summed E-state index contributed by atoms with van der Waals surface area (Å²) in [5, 5.41) is 9.70. The van der Waals surface area contributed by atoms with E-state index in [1.54, 1.807) is 6.07 Å². The highest BCUT2D eigenvalue weighted by Crippen LogP contribution is 2.24. The number of hydrogen-bond donors (Lipinski definition) is 1. The van der Waals surface area contributed by atoms with Gasteiger partial charge in [-0.05, 0) is 30.5 Å². The summed E-state index contributed by atoms with van der Waals surface area (Å²) in [6, 6.07) is 4.33. The monoisotopic (exact) mass is 358 g/mol. The summed E-state index contributed by atoms with van der Waals surface area (Å²) < 4.78 is 36.8. The van der Waals surface area contributed by atoms with Crippen LogP contribution in [0.4, 0.5) is 13.2 Å². The Hall–Kier alpha value is -1.85. The Balaban J connectivity index is 2.55. The minimum atomic E-state index is -5.04. The summed E-state index contributed by atoms with van der Waals surface area (Å²) in [7, 11) is 0. The van der Waals surface area contributed by atoms with Gasteiger partial charge < -0.3 is 5.11 Å². The van der Waals surface area contributed by atoms with Crippen molar-refractivity contribution in [3.05, 3.63) is 29.3 Å². The maximum Gasteiger partial charge on any atom is 0.450 e. The third-order valence-electron chi connectivity index (χ3n) is 4.07. The van der Waals surface area contributed by atoms with Crippen LogP contribution in [0.3, 0.4) is 0 Å². The first-order valence-electron chi connectivity index (χ1n) is 8.70. The number of carbonyl (C=O) groups excluding carboxylic acids is 2. The second kappa shape index (κ2) is 10.2. The number of benzene rings is 1. The molecule has 6 heteroatoms. The zero-order valence-electron chi connectivity index (χ0n) is 14.5. The van der Waals surface area contributed by atoms with Crippen molar-refractivity contribution in [3.8, 4) is 5.75 Å². The van der Waals surface area contributed by atoms with Gasteiger partial charge in [-0.2, -0.15) is 13.2 Å². The number of ketones is 2. The average molecular weight is 358 g/mol. The lowest BCUT2D eigenvalue weighted by atomic mass is 9.99. The summed E-state index contributed by atoms with van der Waals surface area (Å²) in [6.07, 6.45) is 2.28. The Morgan fingerprint density at radius 1 is 1.00 bits per heavy atom. The van der Waals surface area contributed by atoms with Crippen LogP contribution >= 0.6 is 0 Å². The second-order valence-corrected chi connectivity index (χ2v) is 6.24. The number of alkyl halides is 3. The Morgan fingerprint density at radius 3 is 2.20 bits per heavy atom. The van der Waals surface area contributed by atoms with E-state index in [1.165, 1.54) is 37.8 Å². The number of phenols is 1. The van der Waals surface area contributed by atoms with E-state index in [4.69, 9.17) is 0 Å². The number of halogens is 3. The van der Waals surface area contributed by atoms with Gasteiger partial charge in [0.2, 0.25) is 5.78 Å². The van der Waals surface area contributed by atoms with Crippen LogP contribution in [0, 0.1) is 0 Å². The van der Waals surface area contributed by atoms with E-state index >= 15 is 0 Å². The molecule has 1 aromatic carbocycles. The molecule has 1 N–H and O–H groups in total. The number of aromatic hydroxyl groups is 1. The summed E-state index contributed by atoms with van der Waals surface area (Å²) in [6.45, 7) is 2.16. The quantitative estimate of drug-likeness (QED) is 0.328. The average Bonchev–Trinajstić information content (AvgIpc) is 2.54. The Bertz CT molecular complexity index is 580. The molecule has 0 saturated heterocycles. The molecule has 3 nitrogen and oxygen atoms in total. The molecular formula is C19H25F3O3. The smallest absolute Gasteiger partial charge is 0.450 e. The molecule has 0 amide bonds. The lowest BCUT2D eigenvalue weighted by Gasteiger charge is -2.08. The Morgan fingerprint density at radius 2 is 1.60 bits per heavy atom. The van der Waals surface area contributed by atoms with E-state index in [9.17, 15) is 27.9 Å². The maximum atomic E-state index is 12.3. The number of hydrogen-bond acceptors (Lipinski definition) is 3. The molecule has 0 spiro atoms. The fourth-order valence-electron chi connectivity index (χ4n) is 2.59. The van der Waals surface area contributed by atoms with Crippen LogP contribution in [-0.2, 0) is 11.2 Å². The molecule has 0 fully saturated rings. The molecule has 0 aliphatic rings. The molecule has 0 saturated carbocycles. The van der Waals surface area contributed by atoms with E-state index in [0.29, 0.717) is 6.42 Å². The van der Waals surface area contributed by atoms with Gasteiger partial charge >= 0.3 is 6.18 Å². The van der Waals surface area contributed by atoms with Crippen molar-refractivity contribution in [2.24, 2.45) is 0 Å². The number of Topliss-reactive ketones (excluding diaryl/α,β-unsaturated/α-hetero) is 2. The Kier molecular flexibility index (Phi) is 8.66. The van der Waals surface area contributed by atoms with Gasteiger partial charge in [0, 0.05) is 0 Å². The minimum absolute atomic E-state index is 0.224. The van der Waals surface area contributed by atoms with Gasteiger partial charge in [0.1, 0.15) is 5.75 Å².